The average molecular weight is 370 g/mol. The summed E-state index contributed by atoms with van der Waals surface area (Å²) in [6.45, 7) is 2.46. The maximum absolute atomic E-state index is 12.8. The number of hydrogen-bond donors (Lipinski definition) is 1. The van der Waals surface area contributed by atoms with Crippen LogP contribution in [0.3, 0.4) is 0 Å². The lowest BCUT2D eigenvalue weighted by Crippen LogP contribution is -2.39. The third-order valence-electron chi connectivity index (χ3n) is 5.85. The van der Waals surface area contributed by atoms with Crippen LogP contribution >= 0.6 is 0 Å². The van der Waals surface area contributed by atoms with Crippen molar-refractivity contribution in [2.45, 2.75) is 32.4 Å². The number of carbonyl (C=O) groups excluding carboxylic acids is 1. The molecule has 1 saturated carbocycles. The van der Waals surface area contributed by atoms with Crippen LogP contribution in [0, 0.1) is 17.2 Å². The van der Waals surface area contributed by atoms with Crippen molar-refractivity contribution in [2.24, 2.45) is 5.92 Å². The van der Waals surface area contributed by atoms with Gasteiger partial charge in [-0.3, -0.25) is 0 Å². The van der Waals surface area contributed by atoms with Crippen LogP contribution in [-0.2, 0) is 19.5 Å². The minimum Gasteiger partial charge on any atom is -0.344 e. The fourth-order valence-corrected chi connectivity index (χ4v) is 4.17. The van der Waals surface area contributed by atoms with Crippen molar-refractivity contribution < 1.29 is 4.79 Å². The normalized spacial score (nSPS) is 15.9. The zero-order valence-electron chi connectivity index (χ0n) is 15.7. The number of anilines is 1. The standard InChI is InChI=1S/C23H22N4O/c24-13-16-7-9-18(10-8-16)25-23(28)26-12-11-22-20(15-26)19-3-1-2-4-21(19)27(22)14-17-5-6-17/h1-4,7-10,17H,5-6,11-12,14-15H2,(H,25,28). The van der Waals surface area contributed by atoms with Crippen LogP contribution in [0.15, 0.2) is 48.5 Å². The van der Waals surface area contributed by atoms with Gasteiger partial charge in [0.05, 0.1) is 11.6 Å². The van der Waals surface area contributed by atoms with Crippen molar-refractivity contribution >= 4 is 22.6 Å². The molecule has 2 amide bonds. The molecule has 1 aromatic heterocycles. The van der Waals surface area contributed by atoms with E-state index in [1.165, 1.54) is 35.0 Å². The van der Waals surface area contributed by atoms with Crippen molar-refractivity contribution in [1.82, 2.24) is 9.47 Å². The van der Waals surface area contributed by atoms with Gasteiger partial charge in [-0.15, -0.1) is 0 Å². The van der Waals surface area contributed by atoms with Gasteiger partial charge in [0.1, 0.15) is 0 Å². The minimum atomic E-state index is -0.0885. The smallest absolute Gasteiger partial charge is 0.322 e. The molecule has 1 aliphatic heterocycles. The molecule has 1 N–H and O–H groups in total. The molecule has 0 bridgehead atoms. The number of para-hydroxylation sites is 1. The lowest BCUT2D eigenvalue weighted by atomic mass is 10.0. The van der Waals surface area contributed by atoms with Gasteiger partial charge in [0.2, 0.25) is 0 Å². The molecule has 2 aliphatic rings. The first kappa shape index (κ1) is 16.9. The van der Waals surface area contributed by atoms with Crippen LogP contribution in [0.5, 0.6) is 0 Å². The van der Waals surface area contributed by atoms with Crippen LogP contribution in [0.4, 0.5) is 10.5 Å². The van der Waals surface area contributed by atoms with E-state index in [0.717, 1.165) is 25.4 Å². The van der Waals surface area contributed by atoms with Crippen LogP contribution in [0.25, 0.3) is 10.9 Å². The number of nitrogens with zero attached hydrogens (tertiary/aromatic N) is 3. The summed E-state index contributed by atoms with van der Waals surface area (Å²) in [4.78, 5) is 14.7. The summed E-state index contributed by atoms with van der Waals surface area (Å²) < 4.78 is 2.50. The molecule has 3 aromatic rings. The molecule has 0 atom stereocenters. The maximum atomic E-state index is 12.8. The van der Waals surface area contributed by atoms with Crippen LogP contribution < -0.4 is 5.32 Å². The van der Waals surface area contributed by atoms with Gasteiger partial charge in [-0.25, -0.2) is 4.79 Å². The molecule has 0 radical (unpaired) electrons. The number of aromatic nitrogens is 1. The van der Waals surface area contributed by atoms with E-state index >= 15 is 0 Å². The molecule has 28 heavy (non-hydrogen) atoms. The Labute approximate surface area is 164 Å². The molecule has 2 aromatic carbocycles. The fourth-order valence-electron chi connectivity index (χ4n) is 4.17. The highest BCUT2D eigenvalue weighted by atomic mass is 16.2. The first-order valence-corrected chi connectivity index (χ1v) is 9.88. The predicted molar refractivity (Wildman–Crippen MR) is 109 cm³/mol. The summed E-state index contributed by atoms with van der Waals surface area (Å²) in [6.07, 6.45) is 3.55. The molecule has 5 heteroatoms. The molecular formula is C23H22N4O. The number of hydrogen-bond acceptors (Lipinski definition) is 2. The van der Waals surface area contributed by atoms with E-state index in [9.17, 15) is 4.79 Å². The molecule has 5 rings (SSSR count). The Morgan fingerprint density at radius 3 is 2.68 bits per heavy atom. The molecule has 0 spiro atoms. The molecule has 1 aliphatic carbocycles. The average Bonchev–Trinajstić information content (AvgIpc) is 3.51. The Morgan fingerprint density at radius 1 is 1.14 bits per heavy atom. The van der Waals surface area contributed by atoms with Gasteiger partial charge in [-0.05, 0) is 49.1 Å². The lowest BCUT2D eigenvalue weighted by molar-refractivity contribution is 0.206. The molecule has 140 valence electrons. The molecule has 1 fully saturated rings. The second kappa shape index (κ2) is 6.72. The molecule has 2 heterocycles. The lowest BCUT2D eigenvalue weighted by Gasteiger charge is -2.28. The number of fused-ring (bicyclic) bond motifs is 3. The number of nitriles is 1. The number of amides is 2. The van der Waals surface area contributed by atoms with E-state index in [-0.39, 0.29) is 6.03 Å². The van der Waals surface area contributed by atoms with E-state index < -0.39 is 0 Å². The first-order chi connectivity index (χ1) is 13.7. The van der Waals surface area contributed by atoms with E-state index in [4.69, 9.17) is 5.26 Å². The summed E-state index contributed by atoms with van der Waals surface area (Å²) in [5, 5.41) is 13.1. The number of benzene rings is 2. The van der Waals surface area contributed by atoms with Crippen LogP contribution in [0.1, 0.15) is 29.7 Å². The Bertz CT molecular complexity index is 1090. The second-order valence-electron chi connectivity index (χ2n) is 7.79. The predicted octanol–water partition coefficient (Wildman–Crippen LogP) is 4.51. The van der Waals surface area contributed by atoms with Crippen molar-refractivity contribution in [3.63, 3.8) is 0 Å². The quantitative estimate of drug-likeness (QED) is 0.737. The van der Waals surface area contributed by atoms with Crippen molar-refractivity contribution in [3.05, 3.63) is 65.4 Å². The van der Waals surface area contributed by atoms with Gasteiger partial charge < -0.3 is 14.8 Å². The van der Waals surface area contributed by atoms with Crippen molar-refractivity contribution in [1.29, 1.82) is 5.26 Å². The largest absolute Gasteiger partial charge is 0.344 e. The fraction of sp³-hybridized carbons (Fsp3) is 0.304. The Morgan fingerprint density at radius 2 is 1.93 bits per heavy atom. The van der Waals surface area contributed by atoms with Gasteiger partial charge in [0.15, 0.2) is 0 Å². The maximum Gasteiger partial charge on any atom is 0.322 e. The molecule has 5 nitrogen and oxygen atoms in total. The summed E-state index contributed by atoms with van der Waals surface area (Å²) >= 11 is 0. The highest BCUT2D eigenvalue weighted by molar-refractivity contribution is 5.91. The van der Waals surface area contributed by atoms with Crippen molar-refractivity contribution in [2.75, 3.05) is 11.9 Å². The zero-order chi connectivity index (χ0) is 19.1. The van der Waals surface area contributed by atoms with Crippen LogP contribution in [0.2, 0.25) is 0 Å². The third-order valence-corrected chi connectivity index (χ3v) is 5.85. The van der Waals surface area contributed by atoms with E-state index in [0.29, 0.717) is 17.8 Å². The topological polar surface area (TPSA) is 61.1 Å². The summed E-state index contributed by atoms with van der Waals surface area (Å²) in [7, 11) is 0. The number of carbonyl (C=O) groups is 1. The number of nitrogens with one attached hydrogen (secondary N) is 1. The summed E-state index contributed by atoms with van der Waals surface area (Å²) in [5.74, 6) is 0.817. The molecular weight excluding hydrogens is 348 g/mol. The Hall–Kier alpha value is -3.26. The van der Waals surface area contributed by atoms with Gasteiger partial charge in [0, 0.05) is 53.9 Å². The van der Waals surface area contributed by atoms with Gasteiger partial charge in [-0.1, -0.05) is 18.2 Å². The summed E-state index contributed by atoms with van der Waals surface area (Å²) in [6, 6.07) is 17.6. The van der Waals surface area contributed by atoms with Crippen molar-refractivity contribution in [3.8, 4) is 6.07 Å². The highest BCUT2D eigenvalue weighted by Gasteiger charge is 2.29. The molecule has 0 saturated heterocycles. The van der Waals surface area contributed by atoms with Gasteiger partial charge >= 0.3 is 6.03 Å². The first-order valence-electron chi connectivity index (χ1n) is 9.88. The Balaban J connectivity index is 1.40. The van der Waals surface area contributed by atoms with E-state index in [2.05, 4.69) is 40.2 Å². The SMILES string of the molecule is N#Cc1ccc(NC(=O)N2CCc3c(c4ccccc4n3CC3CC3)C2)cc1. The minimum absolute atomic E-state index is 0.0885. The summed E-state index contributed by atoms with van der Waals surface area (Å²) in [5.41, 5.74) is 5.29. The van der Waals surface area contributed by atoms with E-state index in [1.807, 2.05) is 4.90 Å². The Kier molecular flexibility index (Phi) is 4.05. The number of urea groups is 1. The highest BCUT2D eigenvalue weighted by Crippen LogP contribution is 2.36. The van der Waals surface area contributed by atoms with Gasteiger partial charge in [0.25, 0.3) is 0 Å². The van der Waals surface area contributed by atoms with Crippen LogP contribution in [-0.4, -0.2) is 22.0 Å². The second-order valence-corrected chi connectivity index (χ2v) is 7.79. The zero-order valence-corrected chi connectivity index (χ0v) is 15.7. The number of rotatable bonds is 3. The molecule has 0 unspecified atom stereocenters. The monoisotopic (exact) mass is 370 g/mol. The van der Waals surface area contributed by atoms with Gasteiger partial charge in [-0.2, -0.15) is 5.26 Å². The van der Waals surface area contributed by atoms with E-state index in [1.54, 1.807) is 24.3 Å². The third kappa shape index (κ3) is 3.01.